The first-order valence-corrected chi connectivity index (χ1v) is 9.88. The van der Waals surface area contributed by atoms with Crippen molar-refractivity contribution >= 4 is 5.91 Å². The molecule has 0 spiro atoms. The first-order chi connectivity index (χ1) is 12.0. The van der Waals surface area contributed by atoms with E-state index in [2.05, 4.69) is 4.90 Å². The Hall–Kier alpha value is -0.690. The van der Waals surface area contributed by atoms with Gasteiger partial charge in [-0.15, -0.1) is 0 Å². The molecular weight excluding hydrogens is 320 g/mol. The third-order valence-electron chi connectivity index (χ3n) is 5.96. The van der Waals surface area contributed by atoms with E-state index >= 15 is 0 Å². The fourth-order valence-electron chi connectivity index (χ4n) is 4.56. The van der Waals surface area contributed by atoms with Gasteiger partial charge in [0.1, 0.15) is 0 Å². The van der Waals surface area contributed by atoms with E-state index in [1.54, 1.807) is 19.0 Å². The standard InChI is InChI=1S/C19H34N2O4/c1-20(2)19(23)9-16-7-8-17-18(25-16)13-24-12-15(22)11-21(17)10-14-5-3-4-6-14/h14-18,22H,3-13H2,1-2H3/t15-,16-,17-,18+/m1/s1. The SMILES string of the molecule is CN(C)C(=O)C[C@H]1CC[C@@H]2[C@H](COC[C@H](O)CN2CC2CCCC2)O1. The van der Waals surface area contributed by atoms with Crippen LogP contribution in [-0.2, 0) is 14.3 Å². The number of hydrogen-bond acceptors (Lipinski definition) is 5. The number of amides is 1. The Bertz CT molecular complexity index is 439. The van der Waals surface area contributed by atoms with Gasteiger partial charge >= 0.3 is 0 Å². The van der Waals surface area contributed by atoms with Gasteiger partial charge in [0.25, 0.3) is 0 Å². The molecule has 0 unspecified atom stereocenters. The Labute approximate surface area is 151 Å². The number of aliphatic hydroxyl groups excluding tert-OH is 1. The van der Waals surface area contributed by atoms with Crippen molar-refractivity contribution in [3.05, 3.63) is 0 Å². The minimum absolute atomic E-state index is 0.00242. The number of rotatable bonds is 4. The second-order valence-electron chi connectivity index (χ2n) is 8.23. The van der Waals surface area contributed by atoms with E-state index in [1.165, 1.54) is 25.7 Å². The van der Waals surface area contributed by atoms with Gasteiger partial charge < -0.3 is 19.5 Å². The lowest BCUT2D eigenvalue weighted by molar-refractivity contribution is -0.160. The van der Waals surface area contributed by atoms with E-state index in [0.29, 0.717) is 32.2 Å². The van der Waals surface area contributed by atoms with Crippen LogP contribution in [0.1, 0.15) is 44.9 Å². The Morgan fingerprint density at radius 1 is 1.16 bits per heavy atom. The molecule has 1 saturated carbocycles. The van der Waals surface area contributed by atoms with Crippen LogP contribution in [0.3, 0.4) is 0 Å². The second-order valence-corrected chi connectivity index (χ2v) is 8.23. The number of hydrogen-bond donors (Lipinski definition) is 1. The lowest BCUT2D eigenvalue weighted by Gasteiger charge is -2.45. The van der Waals surface area contributed by atoms with E-state index in [-0.39, 0.29) is 18.1 Å². The van der Waals surface area contributed by atoms with Crippen molar-refractivity contribution in [1.82, 2.24) is 9.80 Å². The van der Waals surface area contributed by atoms with Gasteiger partial charge in [0.15, 0.2) is 0 Å². The van der Waals surface area contributed by atoms with Crippen molar-refractivity contribution < 1.29 is 19.4 Å². The average Bonchev–Trinajstić information content (AvgIpc) is 3.06. The van der Waals surface area contributed by atoms with Crippen LogP contribution in [0.5, 0.6) is 0 Å². The summed E-state index contributed by atoms with van der Waals surface area (Å²) in [6, 6.07) is 0.293. The largest absolute Gasteiger partial charge is 0.389 e. The lowest BCUT2D eigenvalue weighted by Crippen LogP contribution is -2.56. The van der Waals surface area contributed by atoms with Gasteiger partial charge in [-0.25, -0.2) is 0 Å². The van der Waals surface area contributed by atoms with E-state index in [0.717, 1.165) is 25.3 Å². The third kappa shape index (κ3) is 5.16. The molecule has 1 aliphatic carbocycles. The molecule has 0 aromatic heterocycles. The highest BCUT2D eigenvalue weighted by atomic mass is 16.5. The smallest absolute Gasteiger partial charge is 0.224 e. The molecule has 3 fully saturated rings. The second kappa shape index (κ2) is 8.80. The topological polar surface area (TPSA) is 62.2 Å². The molecule has 3 aliphatic rings. The fourth-order valence-corrected chi connectivity index (χ4v) is 4.56. The quantitative estimate of drug-likeness (QED) is 0.824. The number of nitrogens with zero attached hydrogens (tertiary/aromatic N) is 2. The van der Waals surface area contributed by atoms with Crippen molar-refractivity contribution in [3.8, 4) is 0 Å². The Morgan fingerprint density at radius 3 is 2.64 bits per heavy atom. The summed E-state index contributed by atoms with van der Waals surface area (Å²) in [6.07, 6.45) is 7.21. The van der Waals surface area contributed by atoms with Crippen LogP contribution in [0.4, 0.5) is 0 Å². The minimum atomic E-state index is -0.421. The molecular formula is C19H34N2O4. The molecule has 0 radical (unpaired) electrons. The van der Waals surface area contributed by atoms with Gasteiger partial charge in [-0.1, -0.05) is 12.8 Å². The molecule has 1 amide bonds. The molecule has 3 rings (SSSR count). The first-order valence-electron chi connectivity index (χ1n) is 9.88. The Kier molecular flexibility index (Phi) is 6.72. The predicted molar refractivity (Wildman–Crippen MR) is 95.4 cm³/mol. The summed E-state index contributed by atoms with van der Waals surface area (Å²) >= 11 is 0. The molecule has 25 heavy (non-hydrogen) atoms. The maximum Gasteiger partial charge on any atom is 0.224 e. The zero-order valence-electron chi connectivity index (χ0n) is 15.7. The molecule has 2 aliphatic heterocycles. The highest BCUT2D eigenvalue weighted by Crippen LogP contribution is 2.31. The molecule has 0 aromatic rings. The Morgan fingerprint density at radius 2 is 1.92 bits per heavy atom. The van der Waals surface area contributed by atoms with Crippen LogP contribution in [0.15, 0.2) is 0 Å². The van der Waals surface area contributed by atoms with Gasteiger partial charge in [-0.2, -0.15) is 0 Å². The summed E-state index contributed by atoms with van der Waals surface area (Å²) in [5.74, 6) is 0.870. The van der Waals surface area contributed by atoms with Crippen LogP contribution in [-0.4, -0.2) is 85.6 Å². The summed E-state index contributed by atoms with van der Waals surface area (Å²) in [7, 11) is 3.58. The molecule has 144 valence electrons. The zero-order chi connectivity index (χ0) is 17.8. The number of fused-ring (bicyclic) bond motifs is 1. The van der Waals surface area contributed by atoms with Gasteiger partial charge in [-0.3, -0.25) is 9.69 Å². The third-order valence-corrected chi connectivity index (χ3v) is 5.96. The lowest BCUT2D eigenvalue weighted by atomic mass is 9.93. The normalized spacial score (nSPS) is 35.0. The Balaban J connectivity index is 1.63. The van der Waals surface area contributed by atoms with E-state index in [4.69, 9.17) is 9.47 Å². The summed E-state index contributed by atoms with van der Waals surface area (Å²) in [5.41, 5.74) is 0. The molecule has 1 N–H and O–H groups in total. The van der Waals surface area contributed by atoms with Crippen LogP contribution in [0.2, 0.25) is 0 Å². The highest BCUT2D eigenvalue weighted by molar-refractivity contribution is 5.76. The van der Waals surface area contributed by atoms with Gasteiger partial charge in [0, 0.05) is 33.2 Å². The maximum atomic E-state index is 12.0. The number of carbonyl (C=O) groups excluding carboxylic acids is 1. The average molecular weight is 354 g/mol. The van der Waals surface area contributed by atoms with Crippen LogP contribution < -0.4 is 0 Å². The predicted octanol–water partition coefficient (Wildman–Crippen LogP) is 1.26. The monoisotopic (exact) mass is 354 g/mol. The molecule has 6 heteroatoms. The first kappa shape index (κ1) is 19.1. The van der Waals surface area contributed by atoms with Crippen molar-refractivity contribution in [3.63, 3.8) is 0 Å². The van der Waals surface area contributed by atoms with Gasteiger partial charge in [0.05, 0.1) is 37.9 Å². The maximum absolute atomic E-state index is 12.0. The van der Waals surface area contributed by atoms with Gasteiger partial charge in [-0.05, 0) is 31.6 Å². The van der Waals surface area contributed by atoms with Crippen LogP contribution >= 0.6 is 0 Å². The molecule has 2 saturated heterocycles. The zero-order valence-corrected chi connectivity index (χ0v) is 15.7. The molecule has 6 nitrogen and oxygen atoms in total. The van der Waals surface area contributed by atoms with Crippen molar-refractivity contribution in [2.45, 2.75) is 69.3 Å². The van der Waals surface area contributed by atoms with E-state index in [9.17, 15) is 9.90 Å². The molecule has 2 heterocycles. The summed E-state index contributed by atoms with van der Waals surface area (Å²) in [4.78, 5) is 16.1. The van der Waals surface area contributed by atoms with Crippen molar-refractivity contribution in [2.75, 3.05) is 40.4 Å². The van der Waals surface area contributed by atoms with E-state index < -0.39 is 6.10 Å². The molecule has 0 aromatic carbocycles. The van der Waals surface area contributed by atoms with Crippen LogP contribution in [0, 0.1) is 5.92 Å². The summed E-state index contributed by atoms with van der Waals surface area (Å²) < 4.78 is 12.0. The molecule has 4 atom stereocenters. The number of ether oxygens (including phenoxy) is 2. The highest BCUT2D eigenvalue weighted by Gasteiger charge is 2.38. The van der Waals surface area contributed by atoms with Gasteiger partial charge in [0.2, 0.25) is 5.91 Å². The fraction of sp³-hybridized carbons (Fsp3) is 0.947. The van der Waals surface area contributed by atoms with Crippen LogP contribution in [0.25, 0.3) is 0 Å². The minimum Gasteiger partial charge on any atom is -0.389 e. The summed E-state index contributed by atoms with van der Waals surface area (Å²) in [6.45, 7) is 2.61. The van der Waals surface area contributed by atoms with Crippen molar-refractivity contribution in [1.29, 1.82) is 0 Å². The number of aliphatic hydroxyl groups is 1. The van der Waals surface area contributed by atoms with E-state index in [1.807, 2.05) is 0 Å². The summed E-state index contributed by atoms with van der Waals surface area (Å²) in [5, 5.41) is 10.2. The van der Waals surface area contributed by atoms with Crippen molar-refractivity contribution in [2.24, 2.45) is 5.92 Å². The molecule has 0 bridgehead atoms. The number of carbonyl (C=O) groups is 1. The number of β-amino-alcohol motifs (C(OH)–C–C–N with tert-alkyl or cyclic N) is 1.